The fourth-order valence-electron chi connectivity index (χ4n) is 1.84. The number of alkyl halides is 3. The number of carbonyl (C=O) groups is 2. The summed E-state index contributed by atoms with van der Waals surface area (Å²) in [4.78, 5) is 22.7. The lowest BCUT2D eigenvalue weighted by Crippen LogP contribution is -2.29. The van der Waals surface area contributed by atoms with Crippen LogP contribution in [-0.4, -0.2) is 18.0 Å². The number of carbonyl (C=O) groups excluding carboxylic acids is 2. The molecule has 0 aliphatic rings. The molecular formula is C17H12F4N2O2. The Morgan fingerprint density at radius 3 is 2.20 bits per heavy atom. The summed E-state index contributed by atoms with van der Waals surface area (Å²) < 4.78 is 49.7. The first-order valence-corrected chi connectivity index (χ1v) is 6.97. The van der Waals surface area contributed by atoms with Gasteiger partial charge in [-0.25, -0.2) is 4.39 Å². The first-order valence-electron chi connectivity index (χ1n) is 6.97. The molecule has 8 heteroatoms. The van der Waals surface area contributed by atoms with Crippen LogP contribution in [0, 0.1) is 5.82 Å². The molecule has 0 spiro atoms. The SMILES string of the molecule is O=C(/C=C/c1cccc(F)c1)Nc1cccc(NC(=O)C(F)(F)F)c1. The van der Waals surface area contributed by atoms with E-state index < -0.39 is 23.8 Å². The van der Waals surface area contributed by atoms with Gasteiger partial charge in [-0.1, -0.05) is 18.2 Å². The van der Waals surface area contributed by atoms with Crippen LogP contribution in [0.3, 0.4) is 0 Å². The van der Waals surface area contributed by atoms with Crippen LogP contribution in [0.2, 0.25) is 0 Å². The highest BCUT2D eigenvalue weighted by molar-refractivity contribution is 6.02. The maximum atomic E-state index is 13.0. The van der Waals surface area contributed by atoms with Gasteiger partial charge in [-0.05, 0) is 42.0 Å². The van der Waals surface area contributed by atoms with Crippen molar-refractivity contribution in [1.82, 2.24) is 0 Å². The third kappa shape index (κ3) is 5.76. The Hall–Kier alpha value is -3.16. The van der Waals surface area contributed by atoms with Crippen LogP contribution in [0.4, 0.5) is 28.9 Å². The smallest absolute Gasteiger partial charge is 0.322 e. The molecule has 2 aromatic carbocycles. The van der Waals surface area contributed by atoms with E-state index in [1.54, 1.807) is 11.4 Å². The Morgan fingerprint density at radius 2 is 1.56 bits per heavy atom. The van der Waals surface area contributed by atoms with E-state index in [-0.39, 0.29) is 11.4 Å². The van der Waals surface area contributed by atoms with E-state index in [0.29, 0.717) is 5.56 Å². The molecule has 0 aliphatic carbocycles. The van der Waals surface area contributed by atoms with Crippen LogP contribution in [0.5, 0.6) is 0 Å². The van der Waals surface area contributed by atoms with Crippen molar-refractivity contribution in [3.05, 3.63) is 66.0 Å². The summed E-state index contributed by atoms with van der Waals surface area (Å²) in [5.74, 6) is -3.12. The Bertz CT molecular complexity index is 816. The Balaban J connectivity index is 2.01. The first-order chi connectivity index (χ1) is 11.7. The van der Waals surface area contributed by atoms with Crippen molar-refractivity contribution in [2.24, 2.45) is 0 Å². The quantitative estimate of drug-likeness (QED) is 0.646. The molecule has 0 unspecified atom stereocenters. The van der Waals surface area contributed by atoms with Crippen molar-refractivity contribution in [1.29, 1.82) is 0 Å². The number of benzene rings is 2. The number of rotatable bonds is 4. The summed E-state index contributed by atoms with van der Waals surface area (Å²) in [5, 5.41) is 4.11. The minimum Gasteiger partial charge on any atom is -0.322 e. The summed E-state index contributed by atoms with van der Waals surface area (Å²) in [6.45, 7) is 0. The van der Waals surface area contributed by atoms with Crippen molar-refractivity contribution >= 4 is 29.3 Å². The largest absolute Gasteiger partial charge is 0.471 e. The number of anilines is 2. The van der Waals surface area contributed by atoms with Gasteiger partial charge >= 0.3 is 12.1 Å². The zero-order chi connectivity index (χ0) is 18.4. The molecule has 0 saturated heterocycles. The van der Waals surface area contributed by atoms with E-state index in [1.165, 1.54) is 48.5 Å². The Labute approximate surface area is 140 Å². The second kappa shape index (κ2) is 7.61. The molecule has 0 heterocycles. The highest BCUT2D eigenvalue weighted by Gasteiger charge is 2.38. The van der Waals surface area contributed by atoms with Crippen LogP contribution in [0.1, 0.15) is 5.56 Å². The van der Waals surface area contributed by atoms with Gasteiger partial charge in [0, 0.05) is 17.5 Å². The van der Waals surface area contributed by atoms with Crippen LogP contribution in [0.25, 0.3) is 6.08 Å². The molecule has 4 nitrogen and oxygen atoms in total. The van der Waals surface area contributed by atoms with Crippen molar-refractivity contribution in [2.75, 3.05) is 10.6 Å². The van der Waals surface area contributed by atoms with Gasteiger partial charge in [0.15, 0.2) is 0 Å². The van der Waals surface area contributed by atoms with Gasteiger partial charge in [-0.3, -0.25) is 9.59 Å². The van der Waals surface area contributed by atoms with Crippen LogP contribution in [0.15, 0.2) is 54.6 Å². The van der Waals surface area contributed by atoms with E-state index in [2.05, 4.69) is 5.32 Å². The van der Waals surface area contributed by atoms with Crippen molar-refractivity contribution in [3.8, 4) is 0 Å². The molecule has 130 valence electrons. The van der Waals surface area contributed by atoms with Gasteiger partial charge < -0.3 is 10.6 Å². The molecule has 2 aromatic rings. The maximum Gasteiger partial charge on any atom is 0.471 e. The van der Waals surface area contributed by atoms with E-state index >= 15 is 0 Å². The molecule has 2 N–H and O–H groups in total. The molecule has 0 saturated carbocycles. The fourth-order valence-corrected chi connectivity index (χ4v) is 1.84. The third-order valence-electron chi connectivity index (χ3n) is 2.92. The van der Waals surface area contributed by atoms with Gasteiger partial charge in [-0.15, -0.1) is 0 Å². The third-order valence-corrected chi connectivity index (χ3v) is 2.92. The average Bonchev–Trinajstić information content (AvgIpc) is 2.52. The van der Waals surface area contributed by atoms with Crippen molar-refractivity contribution in [2.45, 2.75) is 6.18 Å². The fraction of sp³-hybridized carbons (Fsp3) is 0.0588. The molecule has 25 heavy (non-hydrogen) atoms. The Morgan fingerprint density at radius 1 is 0.920 bits per heavy atom. The van der Waals surface area contributed by atoms with Crippen LogP contribution < -0.4 is 10.6 Å². The van der Waals surface area contributed by atoms with Gasteiger partial charge in [0.25, 0.3) is 0 Å². The topological polar surface area (TPSA) is 58.2 Å². The average molecular weight is 352 g/mol. The van der Waals surface area contributed by atoms with E-state index in [1.807, 2.05) is 0 Å². The van der Waals surface area contributed by atoms with Crippen molar-refractivity contribution < 1.29 is 27.2 Å². The molecule has 0 radical (unpaired) electrons. The highest BCUT2D eigenvalue weighted by Crippen LogP contribution is 2.20. The summed E-state index contributed by atoms with van der Waals surface area (Å²) in [6, 6.07) is 10.8. The van der Waals surface area contributed by atoms with Crippen LogP contribution in [-0.2, 0) is 9.59 Å². The van der Waals surface area contributed by atoms with Gasteiger partial charge in [-0.2, -0.15) is 13.2 Å². The number of hydrogen-bond donors (Lipinski definition) is 2. The second-order valence-electron chi connectivity index (χ2n) is 4.91. The van der Waals surface area contributed by atoms with E-state index in [4.69, 9.17) is 0 Å². The number of amides is 2. The lowest BCUT2D eigenvalue weighted by atomic mass is 10.2. The number of nitrogens with one attached hydrogen (secondary N) is 2. The summed E-state index contributed by atoms with van der Waals surface area (Å²) in [7, 11) is 0. The number of hydrogen-bond acceptors (Lipinski definition) is 2. The van der Waals surface area contributed by atoms with Crippen LogP contribution >= 0.6 is 0 Å². The molecular weight excluding hydrogens is 340 g/mol. The highest BCUT2D eigenvalue weighted by atomic mass is 19.4. The van der Waals surface area contributed by atoms with Gasteiger partial charge in [0.05, 0.1) is 0 Å². The monoisotopic (exact) mass is 352 g/mol. The predicted molar refractivity (Wildman–Crippen MR) is 85.2 cm³/mol. The predicted octanol–water partition coefficient (Wildman–Crippen LogP) is 3.98. The molecule has 0 atom stereocenters. The molecule has 0 bridgehead atoms. The summed E-state index contributed by atoms with van der Waals surface area (Å²) in [6.07, 6.45) is -2.48. The molecule has 0 aromatic heterocycles. The molecule has 0 aliphatic heterocycles. The van der Waals surface area contributed by atoms with Gasteiger partial charge in [0.2, 0.25) is 5.91 Å². The molecule has 2 amide bonds. The van der Waals surface area contributed by atoms with Crippen molar-refractivity contribution in [3.63, 3.8) is 0 Å². The van der Waals surface area contributed by atoms with E-state index in [0.717, 1.165) is 6.08 Å². The Kier molecular flexibility index (Phi) is 5.53. The first kappa shape index (κ1) is 18.2. The van der Waals surface area contributed by atoms with Gasteiger partial charge in [0.1, 0.15) is 5.82 Å². The minimum absolute atomic E-state index is 0.116. The summed E-state index contributed by atoms with van der Waals surface area (Å²) in [5.41, 5.74) is 0.546. The standard InChI is InChI=1S/C17H12F4N2O2/c18-12-4-1-3-11(9-12)7-8-15(24)22-13-5-2-6-14(10-13)23-16(25)17(19,20)21/h1-10H,(H,22,24)(H,23,25)/b8-7+. The van der Waals surface area contributed by atoms with E-state index in [9.17, 15) is 27.2 Å². The minimum atomic E-state index is -5.01. The normalized spacial score (nSPS) is 11.4. The summed E-state index contributed by atoms with van der Waals surface area (Å²) >= 11 is 0. The molecule has 0 fully saturated rings. The maximum absolute atomic E-state index is 13.0. The zero-order valence-electron chi connectivity index (χ0n) is 12.6. The lowest BCUT2D eigenvalue weighted by Gasteiger charge is -2.09. The molecule has 2 rings (SSSR count). The number of halogens is 4. The lowest BCUT2D eigenvalue weighted by molar-refractivity contribution is -0.167. The zero-order valence-corrected chi connectivity index (χ0v) is 12.6. The second-order valence-corrected chi connectivity index (χ2v) is 4.91.